The normalized spacial score (nSPS) is 18.4. The molecule has 0 N–H and O–H groups in total. The zero-order chi connectivity index (χ0) is 18.9. The smallest absolute Gasteiger partial charge is 0.116 e. The van der Waals surface area contributed by atoms with E-state index in [9.17, 15) is 0 Å². The van der Waals surface area contributed by atoms with Crippen molar-refractivity contribution in [3.8, 4) is 0 Å². The second kappa shape index (κ2) is 6.75. The molecule has 7 rings (SSSR count). The number of aryl methyl sites for hydroxylation is 2. The van der Waals surface area contributed by atoms with E-state index >= 15 is 0 Å². The first-order valence-corrected chi connectivity index (χ1v) is 12.8. The first kappa shape index (κ1) is 19.7. The van der Waals surface area contributed by atoms with Crippen molar-refractivity contribution in [2.75, 3.05) is 0 Å². The van der Waals surface area contributed by atoms with Crippen molar-refractivity contribution in [2.24, 2.45) is 0 Å². The van der Waals surface area contributed by atoms with Crippen molar-refractivity contribution in [2.45, 2.75) is 39.4 Å². The van der Waals surface area contributed by atoms with Gasteiger partial charge in [-0.15, -0.1) is 28.5 Å². The van der Waals surface area contributed by atoms with E-state index in [1.807, 2.05) is 6.92 Å². The molecule has 0 radical (unpaired) electrons. The molecule has 2 bridgehead atoms. The Labute approximate surface area is 186 Å². The fraction of sp³-hybridized carbons (Fsp3) is 0.240. The van der Waals surface area contributed by atoms with Gasteiger partial charge in [-0.05, 0) is 30.5 Å². The minimum Gasteiger partial charge on any atom is -0.465 e. The predicted octanol–water partition coefficient (Wildman–Crippen LogP) is 7.28. The van der Waals surface area contributed by atoms with Crippen LogP contribution in [0.5, 0.6) is 0 Å². The second-order valence-electron chi connectivity index (χ2n) is 8.67. The first-order chi connectivity index (χ1) is 12.9. The van der Waals surface area contributed by atoms with Gasteiger partial charge in [-0.1, -0.05) is 61.3 Å². The summed E-state index contributed by atoms with van der Waals surface area (Å²) >= 11 is 0. The number of fused-ring (bicyclic) bond motifs is 3. The Morgan fingerprint density at radius 3 is 2.39 bits per heavy atom. The molecule has 1 aromatic heterocycles. The summed E-state index contributed by atoms with van der Waals surface area (Å²) in [5.74, 6) is 2.35. The molecule has 1 nitrogen and oxygen atoms in total. The van der Waals surface area contributed by atoms with Crippen LogP contribution in [-0.2, 0) is 26.2 Å². The minimum absolute atomic E-state index is 0. The average Bonchev–Trinajstić information content (AvgIpc) is 3.29. The number of hydrogen-bond donors (Lipinski definition) is 0. The van der Waals surface area contributed by atoms with Gasteiger partial charge in [0, 0.05) is 37.3 Å². The predicted molar refractivity (Wildman–Crippen MR) is 118 cm³/mol. The van der Waals surface area contributed by atoms with Crippen molar-refractivity contribution in [3.05, 3.63) is 82.8 Å². The fourth-order valence-electron chi connectivity index (χ4n) is 5.40. The van der Waals surface area contributed by atoms with Crippen LogP contribution in [0.2, 0.25) is 13.1 Å². The largest absolute Gasteiger partial charge is 0.465 e. The van der Waals surface area contributed by atoms with Crippen LogP contribution in [0.1, 0.15) is 35.1 Å². The Hall–Kier alpha value is -1.57. The van der Waals surface area contributed by atoms with E-state index in [0.29, 0.717) is 5.54 Å². The van der Waals surface area contributed by atoms with Crippen molar-refractivity contribution < 1.29 is 30.6 Å². The van der Waals surface area contributed by atoms with Gasteiger partial charge in [-0.2, -0.15) is 6.07 Å². The first-order valence-electron chi connectivity index (χ1n) is 9.74. The van der Waals surface area contributed by atoms with Crippen molar-refractivity contribution in [1.82, 2.24) is 0 Å². The molecule has 140 valence electrons. The molecular formula is C25H25OSiZr-. The summed E-state index contributed by atoms with van der Waals surface area (Å²) in [6.45, 7) is 11.4. The van der Waals surface area contributed by atoms with Gasteiger partial charge in [0.15, 0.2) is 0 Å². The molecule has 0 saturated heterocycles. The van der Waals surface area contributed by atoms with Gasteiger partial charge in [0.1, 0.15) is 11.5 Å². The van der Waals surface area contributed by atoms with Crippen LogP contribution in [0.3, 0.4) is 0 Å². The number of furan rings is 1. The maximum absolute atomic E-state index is 5.78. The molecule has 0 fully saturated rings. The summed E-state index contributed by atoms with van der Waals surface area (Å²) < 4.78 is 5.78. The molecule has 28 heavy (non-hydrogen) atoms. The fourth-order valence-corrected chi connectivity index (χ4v) is 9.61. The van der Waals surface area contributed by atoms with Gasteiger partial charge in [-0.3, -0.25) is 0 Å². The Balaban J connectivity index is 0.000000133. The van der Waals surface area contributed by atoms with E-state index in [1.54, 1.807) is 10.8 Å². The van der Waals surface area contributed by atoms with Crippen molar-refractivity contribution >= 4 is 34.8 Å². The molecule has 3 aromatic carbocycles. The van der Waals surface area contributed by atoms with Crippen LogP contribution < -0.4 is 0 Å². The van der Waals surface area contributed by atoms with Gasteiger partial charge in [0.25, 0.3) is 0 Å². The molecule has 1 atom stereocenters. The Morgan fingerprint density at radius 2 is 1.68 bits per heavy atom. The van der Waals surface area contributed by atoms with E-state index in [1.165, 1.54) is 38.4 Å². The molecule has 1 aliphatic carbocycles. The van der Waals surface area contributed by atoms with Crippen LogP contribution in [0.4, 0.5) is 0 Å². The zero-order valence-corrected chi connectivity index (χ0v) is 20.6. The van der Waals surface area contributed by atoms with Crippen LogP contribution in [0.15, 0.2) is 64.6 Å². The molecule has 3 aliphatic rings. The summed E-state index contributed by atoms with van der Waals surface area (Å²) in [6.07, 6.45) is 0. The topological polar surface area (TPSA) is 13.1 Å². The Kier molecular flexibility index (Phi) is 4.75. The van der Waals surface area contributed by atoms with E-state index in [2.05, 4.69) is 81.5 Å². The maximum atomic E-state index is 5.78. The number of rotatable bonds is 0. The van der Waals surface area contributed by atoms with E-state index in [-0.39, 0.29) is 26.2 Å². The Morgan fingerprint density at radius 1 is 0.929 bits per heavy atom. The van der Waals surface area contributed by atoms with E-state index < -0.39 is 8.07 Å². The monoisotopic (exact) mass is 459 g/mol. The molecule has 0 spiro atoms. The molecule has 0 saturated carbocycles. The third-order valence-corrected chi connectivity index (χ3v) is 10.5. The van der Waals surface area contributed by atoms with Crippen LogP contribution in [0, 0.1) is 13.8 Å². The van der Waals surface area contributed by atoms with Crippen molar-refractivity contribution in [3.63, 3.8) is 0 Å². The van der Waals surface area contributed by atoms with Gasteiger partial charge >= 0.3 is 0 Å². The molecular weight excluding hydrogens is 436 g/mol. The van der Waals surface area contributed by atoms with Gasteiger partial charge in [0.2, 0.25) is 0 Å². The van der Waals surface area contributed by atoms with Gasteiger partial charge < -0.3 is 4.42 Å². The average molecular weight is 461 g/mol. The number of benzene rings is 2. The quantitative estimate of drug-likeness (QED) is 0.198. The maximum Gasteiger partial charge on any atom is 0.116 e. The third-order valence-electron chi connectivity index (χ3n) is 6.37. The second-order valence-corrected chi connectivity index (χ2v) is 13.2. The summed E-state index contributed by atoms with van der Waals surface area (Å²) in [4.78, 5) is 0. The Bertz CT molecular complexity index is 1240. The van der Waals surface area contributed by atoms with Gasteiger partial charge in [0.05, 0.1) is 8.07 Å². The molecule has 1 unspecified atom stereocenters. The molecule has 4 aromatic rings. The standard InChI is InChI=1S/C14H11.C11H14OSi.Zr/c1-10-8-12-7-6-11-4-2-3-5-13(11)14(12)9-10;1-6-5-8-9(12-6)11-7(2)10(8)13(11,3)4;/h2-9H,1H3;5,11H,1-4H3;/q-1;;. The summed E-state index contributed by atoms with van der Waals surface area (Å²) in [6, 6.07) is 19.7. The SMILES string of the molecule is CC1=C2c3cc(C)oc3C1[Si]2(C)C.Cc1cc2c(ccc3ccccc32)[cH-]1.[Zr]. The molecule has 0 amide bonds. The van der Waals surface area contributed by atoms with E-state index in [0.717, 1.165) is 5.76 Å². The third kappa shape index (κ3) is 2.70. The van der Waals surface area contributed by atoms with Crippen molar-refractivity contribution in [1.29, 1.82) is 0 Å². The van der Waals surface area contributed by atoms with Crippen LogP contribution >= 0.6 is 0 Å². The molecule has 2 aliphatic heterocycles. The summed E-state index contributed by atoms with van der Waals surface area (Å²) in [5, 5.41) is 7.08. The molecule has 3 heteroatoms. The zero-order valence-electron chi connectivity index (χ0n) is 17.2. The summed E-state index contributed by atoms with van der Waals surface area (Å²) in [7, 11) is -1.10. The molecule has 3 heterocycles. The number of allylic oxidation sites excluding steroid dienone is 1. The number of hydrogen-bond acceptors (Lipinski definition) is 1. The minimum atomic E-state index is -1.10. The van der Waals surface area contributed by atoms with Crippen LogP contribution in [-0.4, -0.2) is 8.07 Å². The van der Waals surface area contributed by atoms with Gasteiger partial charge in [-0.25, -0.2) is 0 Å². The van der Waals surface area contributed by atoms with E-state index in [4.69, 9.17) is 4.42 Å². The summed E-state index contributed by atoms with van der Waals surface area (Å²) in [5.41, 5.74) is 5.07. The van der Waals surface area contributed by atoms with Crippen LogP contribution in [0.25, 0.3) is 26.7 Å².